The molecule has 0 spiro atoms. The average molecular weight is 370 g/mol. The molecule has 128 valence electrons. The monoisotopic (exact) mass is 369 g/mol. The van der Waals surface area contributed by atoms with Gasteiger partial charge in [0.15, 0.2) is 0 Å². The Kier molecular flexibility index (Phi) is 5.40. The van der Waals surface area contributed by atoms with Gasteiger partial charge in [0, 0.05) is 12.6 Å². The number of methoxy groups -OCH3 is 1. The lowest BCUT2D eigenvalue weighted by atomic mass is 10.2. The molecule has 8 nitrogen and oxygen atoms in total. The Balaban J connectivity index is 0.00000208. The maximum Gasteiger partial charge on any atom is 0.274 e. The minimum absolute atomic E-state index is 0. The molecule has 0 atom stereocenters. The third-order valence-electron chi connectivity index (χ3n) is 3.31. The van der Waals surface area contributed by atoms with Crippen molar-refractivity contribution >= 4 is 33.6 Å². The number of aromatic nitrogens is 3. The fraction of sp³-hybridized carbons (Fsp3) is 0.143. The third kappa shape index (κ3) is 4.01. The Hall–Kier alpha value is -2.20. The van der Waals surface area contributed by atoms with Crippen molar-refractivity contribution in [1.29, 1.82) is 0 Å². The number of nitrogens with two attached hydrogens (primary N) is 1. The van der Waals surface area contributed by atoms with Gasteiger partial charge in [0.05, 0.1) is 18.3 Å². The number of fused-ring (bicyclic) bond motifs is 1. The van der Waals surface area contributed by atoms with E-state index in [1.54, 1.807) is 23.9 Å². The largest absolute Gasteiger partial charge is 0.497 e. The highest BCUT2D eigenvalue weighted by Gasteiger charge is 2.08. The van der Waals surface area contributed by atoms with Gasteiger partial charge in [-0.15, -0.1) is 17.5 Å². The van der Waals surface area contributed by atoms with Crippen LogP contribution in [0.5, 0.6) is 5.75 Å². The molecular formula is C14H16ClN5O3S. The average Bonchev–Trinajstić information content (AvgIpc) is 2.95. The predicted octanol–water partition coefficient (Wildman–Crippen LogP) is 1.14. The molecule has 0 aliphatic heterocycles. The van der Waals surface area contributed by atoms with Gasteiger partial charge in [0.2, 0.25) is 0 Å². The lowest BCUT2D eigenvalue weighted by Crippen LogP contribution is -2.30. The Morgan fingerprint density at radius 2 is 1.92 bits per heavy atom. The van der Waals surface area contributed by atoms with Crippen LogP contribution in [0.1, 0.15) is 5.56 Å². The molecule has 10 heteroatoms. The summed E-state index contributed by atoms with van der Waals surface area (Å²) in [4.78, 5) is 0. The SMILES string of the molecule is COc1ccc2c(c1)nnn2-c1ccc(CNS(N)(=O)=O)cc1.Cl. The maximum atomic E-state index is 10.9. The molecule has 1 heterocycles. The highest BCUT2D eigenvalue weighted by molar-refractivity contribution is 7.87. The van der Waals surface area contributed by atoms with Gasteiger partial charge in [-0.25, -0.2) is 9.82 Å². The molecule has 0 aliphatic rings. The van der Waals surface area contributed by atoms with Crippen LogP contribution in [0.4, 0.5) is 0 Å². The summed E-state index contributed by atoms with van der Waals surface area (Å²) in [6.45, 7) is 0.133. The van der Waals surface area contributed by atoms with Gasteiger partial charge in [0.1, 0.15) is 11.3 Å². The number of hydrogen-bond donors (Lipinski definition) is 2. The summed E-state index contributed by atoms with van der Waals surface area (Å²) in [5.74, 6) is 0.717. The van der Waals surface area contributed by atoms with Crippen LogP contribution in [0.25, 0.3) is 16.7 Å². The first-order valence-corrected chi connectivity index (χ1v) is 8.27. The van der Waals surface area contributed by atoms with Crippen molar-refractivity contribution in [2.24, 2.45) is 5.14 Å². The van der Waals surface area contributed by atoms with Crippen LogP contribution >= 0.6 is 12.4 Å². The second-order valence-electron chi connectivity index (χ2n) is 4.89. The first kappa shape index (κ1) is 18.1. The quantitative estimate of drug-likeness (QED) is 0.700. The van der Waals surface area contributed by atoms with Crippen molar-refractivity contribution in [1.82, 2.24) is 19.7 Å². The Labute approximate surface area is 145 Å². The number of halogens is 1. The van der Waals surface area contributed by atoms with E-state index in [0.29, 0.717) is 5.75 Å². The van der Waals surface area contributed by atoms with Crippen LogP contribution in [0.2, 0.25) is 0 Å². The van der Waals surface area contributed by atoms with E-state index in [4.69, 9.17) is 9.88 Å². The molecule has 0 amide bonds. The van der Waals surface area contributed by atoms with Gasteiger partial charge < -0.3 is 4.74 Å². The lowest BCUT2D eigenvalue weighted by Gasteiger charge is -2.06. The summed E-state index contributed by atoms with van der Waals surface area (Å²) >= 11 is 0. The summed E-state index contributed by atoms with van der Waals surface area (Å²) in [5, 5.41) is 13.2. The zero-order valence-electron chi connectivity index (χ0n) is 12.7. The van der Waals surface area contributed by atoms with E-state index < -0.39 is 10.2 Å². The van der Waals surface area contributed by atoms with Gasteiger partial charge in [-0.3, -0.25) is 0 Å². The summed E-state index contributed by atoms with van der Waals surface area (Å²) < 4.78 is 30.9. The molecule has 0 unspecified atom stereocenters. The molecule has 0 saturated carbocycles. The number of benzene rings is 2. The van der Waals surface area contributed by atoms with E-state index in [2.05, 4.69) is 15.0 Å². The fourth-order valence-electron chi connectivity index (χ4n) is 2.16. The molecule has 3 N–H and O–H groups in total. The van der Waals surface area contributed by atoms with E-state index in [9.17, 15) is 8.42 Å². The van der Waals surface area contributed by atoms with E-state index in [1.807, 2.05) is 30.3 Å². The molecule has 3 aromatic rings. The van der Waals surface area contributed by atoms with Crippen LogP contribution in [0, 0.1) is 0 Å². The van der Waals surface area contributed by atoms with Gasteiger partial charge in [0.25, 0.3) is 10.2 Å². The van der Waals surface area contributed by atoms with Gasteiger partial charge in [-0.2, -0.15) is 13.1 Å². The van der Waals surface area contributed by atoms with Gasteiger partial charge >= 0.3 is 0 Å². The number of ether oxygens (including phenoxy) is 1. The van der Waals surface area contributed by atoms with E-state index in [1.165, 1.54) is 0 Å². The second kappa shape index (κ2) is 7.14. The molecule has 0 fully saturated rings. The third-order valence-corrected chi connectivity index (χ3v) is 3.86. The van der Waals surface area contributed by atoms with Crippen molar-refractivity contribution in [2.75, 3.05) is 7.11 Å². The first-order chi connectivity index (χ1) is 11.0. The smallest absolute Gasteiger partial charge is 0.274 e. The van der Waals surface area contributed by atoms with Crippen molar-refractivity contribution in [3.63, 3.8) is 0 Å². The number of nitrogens with one attached hydrogen (secondary N) is 1. The van der Waals surface area contributed by atoms with Crippen molar-refractivity contribution in [3.8, 4) is 11.4 Å². The molecule has 0 bridgehead atoms. The Bertz CT molecular complexity index is 941. The normalized spacial score (nSPS) is 11.2. The minimum atomic E-state index is -3.70. The Morgan fingerprint density at radius 3 is 2.54 bits per heavy atom. The molecular weight excluding hydrogens is 354 g/mol. The standard InChI is InChI=1S/C14H15N5O3S.ClH/c1-22-12-6-7-14-13(8-12)17-18-19(14)11-4-2-10(3-5-11)9-16-23(15,20)21;/h2-8,16H,9H2,1H3,(H2,15,20,21);1H. The van der Waals surface area contributed by atoms with Gasteiger partial charge in [-0.1, -0.05) is 17.3 Å². The molecule has 3 rings (SSSR count). The summed E-state index contributed by atoms with van der Waals surface area (Å²) in [6.07, 6.45) is 0. The summed E-state index contributed by atoms with van der Waals surface area (Å²) in [7, 11) is -2.10. The molecule has 24 heavy (non-hydrogen) atoms. The van der Waals surface area contributed by atoms with Crippen LogP contribution in [0.3, 0.4) is 0 Å². The predicted molar refractivity (Wildman–Crippen MR) is 92.6 cm³/mol. The molecule has 1 aromatic heterocycles. The number of nitrogens with zero attached hydrogens (tertiary/aromatic N) is 3. The van der Waals surface area contributed by atoms with Crippen molar-refractivity contribution < 1.29 is 13.2 Å². The Morgan fingerprint density at radius 1 is 1.21 bits per heavy atom. The van der Waals surface area contributed by atoms with Crippen LogP contribution in [0.15, 0.2) is 42.5 Å². The number of rotatable bonds is 5. The van der Waals surface area contributed by atoms with Crippen LogP contribution in [-0.2, 0) is 16.8 Å². The summed E-state index contributed by atoms with van der Waals surface area (Å²) in [5.41, 5.74) is 3.18. The van der Waals surface area contributed by atoms with E-state index in [-0.39, 0.29) is 19.0 Å². The second-order valence-corrected chi connectivity index (χ2v) is 6.27. The zero-order valence-corrected chi connectivity index (χ0v) is 14.3. The van der Waals surface area contributed by atoms with Gasteiger partial charge in [-0.05, 0) is 29.8 Å². The first-order valence-electron chi connectivity index (χ1n) is 6.72. The molecule has 0 aliphatic carbocycles. The fourth-order valence-corrected chi connectivity index (χ4v) is 2.53. The highest BCUT2D eigenvalue weighted by atomic mass is 35.5. The molecule has 0 saturated heterocycles. The lowest BCUT2D eigenvalue weighted by molar-refractivity contribution is 0.415. The van der Waals surface area contributed by atoms with Crippen LogP contribution < -0.4 is 14.6 Å². The molecule has 2 aromatic carbocycles. The van der Waals surface area contributed by atoms with E-state index in [0.717, 1.165) is 22.3 Å². The van der Waals surface area contributed by atoms with Crippen LogP contribution in [-0.4, -0.2) is 30.5 Å². The van der Waals surface area contributed by atoms with Crippen molar-refractivity contribution in [2.45, 2.75) is 6.54 Å². The molecule has 0 radical (unpaired) electrons. The summed E-state index contributed by atoms with van der Waals surface area (Å²) in [6, 6.07) is 12.8. The number of hydrogen-bond acceptors (Lipinski definition) is 5. The topological polar surface area (TPSA) is 112 Å². The zero-order chi connectivity index (χ0) is 16.4. The minimum Gasteiger partial charge on any atom is -0.497 e. The maximum absolute atomic E-state index is 10.9. The van der Waals surface area contributed by atoms with Crippen molar-refractivity contribution in [3.05, 3.63) is 48.0 Å². The van der Waals surface area contributed by atoms with E-state index >= 15 is 0 Å². The highest BCUT2D eigenvalue weighted by Crippen LogP contribution is 2.21.